The van der Waals surface area contributed by atoms with Crippen molar-refractivity contribution in [3.8, 4) is 11.5 Å². The zero-order chi connectivity index (χ0) is 12.4. The number of aromatic nitrogens is 2. The van der Waals surface area contributed by atoms with Crippen LogP contribution in [0.1, 0.15) is 29.6 Å². The third kappa shape index (κ3) is 2.96. The molecule has 0 N–H and O–H groups in total. The zero-order valence-electron chi connectivity index (χ0n) is 9.58. The third-order valence-corrected chi connectivity index (χ3v) is 3.85. The van der Waals surface area contributed by atoms with Gasteiger partial charge < -0.3 is 4.42 Å². The SMILES string of the molecule is CCC(Br)c1nnc(-c2cc(C)cc(Br)c2)o1. The molecule has 2 aromatic rings. The minimum atomic E-state index is 0.122. The van der Waals surface area contributed by atoms with Crippen molar-refractivity contribution in [3.05, 3.63) is 34.1 Å². The highest BCUT2D eigenvalue weighted by molar-refractivity contribution is 9.10. The summed E-state index contributed by atoms with van der Waals surface area (Å²) in [5, 5.41) is 8.11. The monoisotopic (exact) mass is 358 g/mol. The van der Waals surface area contributed by atoms with E-state index in [1.54, 1.807) is 0 Å². The molecular formula is C12H12Br2N2O. The van der Waals surface area contributed by atoms with Crippen molar-refractivity contribution < 1.29 is 4.42 Å². The Morgan fingerprint density at radius 1 is 1.29 bits per heavy atom. The molecule has 0 bridgehead atoms. The van der Waals surface area contributed by atoms with E-state index < -0.39 is 0 Å². The molecular weight excluding hydrogens is 348 g/mol. The molecule has 0 aliphatic heterocycles. The Morgan fingerprint density at radius 3 is 2.71 bits per heavy atom. The fraction of sp³-hybridized carbons (Fsp3) is 0.333. The summed E-state index contributed by atoms with van der Waals surface area (Å²) < 4.78 is 6.65. The molecule has 2 rings (SSSR count). The van der Waals surface area contributed by atoms with Crippen molar-refractivity contribution in [1.29, 1.82) is 0 Å². The molecule has 1 aromatic carbocycles. The average molecular weight is 360 g/mol. The van der Waals surface area contributed by atoms with Gasteiger partial charge in [0.1, 0.15) is 0 Å². The summed E-state index contributed by atoms with van der Waals surface area (Å²) in [6, 6.07) is 6.04. The zero-order valence-corrected chi connectivity index (χ0v) is 12.7. The summed E-state index contributed by atoms with van der Waals surface area (Å²) in [7, 11) is 0. The Balaban J connectivity index is 2.36. The molecule has 0 spiro atoms. The Bertz CT molecular complexity index is 505. The Hall–Kier alpha value is -0.680. The lowest BCUT2D eigenvalue weighted by atomic mass is 10.1. The molecule has 0 saturated carbocycles. The van der Waals surface area contributed by atoms with Crippen molar-refractivity contribution >= 4 is 31.9 Å². The van der Waals surface area contributed by atoms with Crippen LogP contribution in [-0.2, 0) is 0 Å². The Morgan fingerprint density at radius 2 is 2.06 bits per heavy atom. The quantitative estimate of drug-likeness (QED) is 0.748. The second-order valence-corrected chi connectivity index (χ2v) is 5.86. The third-order valence-electron chi connectivity index (χ3n) is 2.36. The van der Waals surface area contributed by atoms with Crippen LogP contribution in [-0.4, -0.2) is 10.2 Å². The molecule has 3 nitrogen and oxygen atoms in total. The van der Waals surface area contributed by atoms with Crippen molar-refractivity contribution in [2.45, 2.75) is 25.1 Å². The predicted octanol–water partition coefficient (Wildman–Crippen LogP) is 4.65. The van der Waals surface area contributed by atoms with Gasteiger partial charge in [-0.25, -0.2) is 0 Å². The van der Waals surface area contributed by atoms with Crippen molar-refractivity contribution in [1.82, 2.24) is 10.2 Å². The lowest BCUT2D eigenvalue weighted by molar-refractivity contribution is 0.500. The second kappa shape index (κ2) is 5.31. The smallest absolute Gasteiger partial charge is 0.247 e. The molecule has 0 fully saturated rings. The van der Waals surface area contributed by atoms with Crippen molar-refractivity contribution in [3.63, 3.8) is 0 Å². The summed E-state index contributed by atoms with van der Waals surface area (Å²) in [5.74, 6) is 1.18. The lowest BCUT2D eigenvalue weighted by Crippen LogP contribution is -1.86. The fourth-order valence-electron chi connectivity index (χ4n) is 1.51. The second-order valence-electron chi connectivity index (χ2n) is 3.84. The van der Waals surface area contributed by atoms with Gasteiger partial charge in [0, 0.05) is 10.0 Å². The predicted molar refractivity (Wildman–Crippen MR) is 74.1 cm³/mol. The van der Waals surface area contributed by atoms with Crippen LogP contribution >= 0.6 is 31.9 Å². The minimum Gasteiger partial charge on any atom is -0.419 e. The van der Waals surface area contributed by atoms with Gasteiger partial charge in [-0.2, -0.15) is 0 Å². The summed E-state index contributed by atoms with van der Waals surface area (Å²) in [5.41, 5.74) is 2.09. The number of benzene rings is 1. The van der Waals surface area contributed by atoms with Crippen LogP contribution in [0.25, 0.3) is 11.5 Å². The van der Waals surface area contributed by atoms with E-state index >= 15 is 0 Å². The number of alkyl halides is 1. The topological polar surface area (TPSA) is 38.9 Å². The molecule has 1 heterocycles. The largest absolute Gasteiger partial charge is 0.419 e. The number of aryl methyl sites for hydroxylation is 1. The summed E-state index contributed by atoms with van der Waals surface area (Å²) >= 11 is 6.95. The molecule has 0 aliphatic rings. The maximum Gasteiger partial charge on any atom is 0.247 e. The standard InChI is InChI=1S/C12H12Br2N2O/c1-3-10(14)12-16-15-11(17-12)8-4-7(2)5-9(13)6-8/h4-6,10H,3H2,1-2H3. The van der Waals surface area contributed by atoms with Crippen LogP contribution in [0, 0.1) is 6.92 Å². The highest BCUT2D eigenvalue weighted by atomic mass is 79.9. The van der Waals surface area contributed by atoms with E-state index in [1.165, 1.54) is 0 Å². The molecule has 17 heavy (non-hydrogen) atoms. The summed E-state index contributed by atoms with van der Waals surface area (Å²) in [6.07, 6.45) is 0.916. The maximum absolute atomic E-state index is 5.64. The van der Waals surface area contributed by atoms with Crippen LogP contribution in [0.3, 0.4) is 0 Å². The number of hydrogen-bond acceptors (Lipinski definition) is 3. The number of nitrogens with zero attached hydrogens (tertiary/aromatic N) is 2. The molecule has 0 radical (unpaired) electrons. The van der Waals surface area contributed by atoms with E-state index in [9.17, 15) is 0 Å². The molecule has 90 valence electrons. The number of rotatable bonds is 3. The van der Waals surface area contributed by atoms with Gasteiger partial charge in [-0.15, -0.1) is 10.2 Å². The van der Waals surface area contributed by atoms with Gasteiger partial charge in [0.2, 0.25) is 11.8 Å². The molecule has 1 aromatic heterocycles. The van der Waals surface area contributed by atoms with Crippen LogP contribution in [0.2, 0.25) is 0 Å². The molecule has 0 amide bonds. The Kier molecular flexibility index (Phi) is 3.99. The van der Waals surface area contributed by atoms with Gasteiger partial charge in [-0.1, -0.05) is 38.8 Å². The molecule has 1 atom stereocenters. The van der Waals surface area contributed by atoms with Crippen molar-refractivity contribution in [2.24, 2.45) is 0 Å². The fourth-order valence-corrected chi connectivity index (χ4v) is 2.30. The van der Waals surface area contributed by atoms with E-state index in [4.69, 9.17) is 4.42 Å². The van der Waals surface area contributed by atoms with Gasteiger partial charge in [0.15, 0.2) is 0 Å². The normalized spacial score (nSPS) is 12.7. The van der Waals surface area contributed by atoms with E-state index in [2.05, 4.69) is 49.0 Å². The van der Waals surface area contributed by atoms with Crippen LogP contribution in [0.5, 0.6) is 0 Å². The average Bonchev–Trinajstić information content (AvgIpc) is 2.76. The highest BCUT2D eigenvalue weighted by Gasteiger charge is 2.15. The van der Waals surface area contributed by atoms with E-state index in [0.29, 0.717) is 11.8 Å². The van der Waals surface area contributed by atoms with Gasteiger partial charge in [-0.3, -0.25) is 0 Å². The first-order valence-corrected chi connectivity index (χ1v) is 7.06. The number of halogens is 2. The van der Waals surface area contributed by atoms with Gasteiger partial charge >= 0.3 is 0 Å². The van der Waals surface area contributed by atoms with Gasteiger partial charge in [-0.05, 0) is 37.1 Å². The summed E-state index contributed by atoms with van der Waals surface area (Å²) in [6.45, 7) is 4.09. The molecule has 0 saturated heterocycles. The first kappa shape index (κ1) is 12.8. The van der Waals surface area contributed by atoms with E-state index in [1.807, 2.05) is 25.1 Å². The van der Waals surface area contributed by atoms with Gasteiger partial charge in [0.05, 0.1) is 4.83 Å². The van der Waals surface area contributed by atoms with Gasteiger partial charge in [0.25, 0.3) is 0 Å². The summed E-state index contributed by atoms with van der Waals surface area (Å²) in [4.78, 5) is 0.122. The Labute approximate surface area is 117 Å². The van der Waals surface area contributed by atoms with E-state index in [0.717, 1.165) is 22.0 Å². The maximum atomic E-state index is 5.64. The van der Waals surface area contributed by atoms with E-state index in [-0.39, 0.29) is 4.83 Å². The van der Waals surface area contributed by atoms with Crippen molar-refractivity contribution in [2.75, 3.05) is 0 Å². The number of hydrogen-bond donors (Lipinski definition) is 0. The van der Waals surface area contributed by atoms with Crippen LogP contribution in [0.15, 0.2) is 27.1 Å². The molecule has 1 unspecified atom stereocenters. The first-order valence-electron chi connectivity index (χ1n) is 5.35. The first-order chi connectivity index (χ1) is 8.10. The van der Waals surface area contributed by atoms with Crippen LogP contribution < -0.4 is 0 Å². The lowest BCUT2D eigenvalue weighted by Gasteiger charge is -2.00. The molecule has 0 aliphatic carbocycles. The van der Waals surface area contributed by atoms with Crippen LogP contribution in [0.4, 0.5) is 0 Å². The molecule has 5 heteroatoms. The minimum absolute atomic E-state index is 0.122. The highest BCUT2D eigenvalue weighted by Crippen LogP contribution is 2.29.